The van der Waals surface area contributed by atoms with Gasteiger partial charge in [0.05, 0.1) is 12.8 Å². The van der Waals surface area contributed by atoms with Crippen LogP contribution in [0.1, 0.15) is 58.8 Å². The van der Waals surface area contributed by atoms with Crippen molar-refractivity contribution in [3.05, 3.63) is 52.7 Å². The number of carbonyl (C=O) groups excluding carboxylic acids is 1. The second-order valence-corrected chi connectivity index (χ2v) is 7.76. The van der Waals surface area contributed by atoms with Gasteiger partial charge in [-0.2, -0.15) is 0 Å². The number of pyridine rings is 1. The van der Waals surface area contributed by atoms with Gasteiger partial charge in [-0.25, -0.2) is 0 Å². The molecular formula is C23H27N3O3. The van der Waals surface area contributed by atoms with Crippen molar-refractivity contribution in [3.63, 3.8) is 0 Å². The van der Waals surface area contributed by atoms with E-state index in [0.717, 1.165) is 40.6 Å². The number of likely N-dealkylation sites (tertiary alicyclic amines) is 1. The molecule has 0 unspecified atom stereocenters. The lowest BCUT2D eigenvalue weighted by molar-refractivity contribution is 0.0709. The van der Waals surface area contributed by atoms with Gasteiger partial charge < -0.3 is 14.2 Å². The van der Waals surface area contributed by atoms with E-state index in [-0.39, 0.29) is 5.91 Å². The standard InChI is InChI=1S/C23H27N3O3/c1-5-20-22(15(3)25-29-20)23(27)26-8-6-16(7-9-26)19-11-17-12-21(28-4)14(2)10-18(17)13-24-19/h10-13,16H,5-9H2,1-4H3. The molecule has 0 spiro atoms. The van der Waals surface area contributed by atoms with Crippen LogP contribution in [0, 0.1) is 13.8 Å². The highest BCUT2D eigenvalue weighted by Gasteiger charge is 2.29. The van der Waals surface area contributed by atoms with E-state index in [0.29, 0.717) is 42.4 Å². The summed E-state index contributed by atoms with van der Waals surface area (Å²) < 4.78 is 10.8. The fourth-order valence-electron chi connectivity index (χ4n) is 4.22. The van der Waals surface area contributed by atoms with Gasteiger partial charge in [-0.3, -0.25) is 9.78 Å². The van der Waals surface area contributed by atoms with Gasteiger partial charge in [0.2, 0.25) is 0 Å². The van der Waals surface area contributed by atoms with Gasteiger partial charge in [0.25, 0.3) is 5.91 Å². The van der Waals surface area contributed by atoms with Gasteiger partial charge in [-0.15, -0.1) is 0 Å². The summed E-state index contributed by atoms with van der Waals surface area (Å²) in [5, 5.41) is 6.23. The Kier molecular flexibility index (Phi) is 5.26. The van der Waals surface area contributed by atoms with E-state index >= 15 is 0 Å². The molecule has 1 fully saturated rings. The number of piperidine rings is 1. The van der Waals surface area contributed by atoms with Crippen LogP contribution in [0.25, 0.3) is 10.8 Å². The summed E-state index contributed by atoms with van der Waals surface area (Å²) in [5.74, 6) is 1.96. The molecule has 0 atom stereocenters. The fourth-order valence-corrected chi connectivity index (χ4v) is 4.22. The molecule has 3 aromatic rings. The minimum atomic E-state index is 0.0331. The second-order valence-electron chi connectivity index (χ2n) is 7.76. The maximum Gasteiger partial charge on any atom is 0.259 e. The molecule has 3 heterocycles. The Morgan fingerprint density at radius 2 is 1.97 bits per heavy atom. The molecular weight excluding hydrogens is 366 g/mol. The molecule has 4 rings (SSSR count). The van der Waals surface area contributed by atoms with Crippen molar-refractivity contribution >= 4 is 16.7 Å². The van der Waals surface area contributed by atoms with Crippen molar-refractivity contribution in [1.82, 2.24) is 15.0 Å². The lowest BCUT2D eigenvalue weighted by Crippen LogP contribution is -2.38. The number of benzene rings is 1. The van der Waals surface area contributed by atoms with Crippen molar-refractivity contribution in [2.45, 2.75) is 46.0 Å². The van der Waals surface area contributed by atoms with E-state index < -0.39 is 0 Å². The largest absolute Gasteiger partial charge is 0.496 e. The Hall–Kier alpha value is -2.89. The number of carbonyl (C=O) groups is 1. The topological polar surface area (TPSA) is 68.5 Å². The van der Waals surface area contributed by atoms with Crippen molar-refractivity contribution in [1.29, 1.82) is 0 Å². The first-order chi connectivity index (χ1) is 14.0. The van der Waals surface area contributed by atoms with Gasteiger partial charge in [0.1, 0.15) is 17.1 Å². The molecule has 6 nitrogen and oxygen atoms in total. The number of methoxy groups -OCH3 is 1. The summed E-state index contributed by atoms with van der Waals surface area (Å²) in [6.45, 7) is 7.28. The SMILES string of the molecule is CCc1onc(C)c1C(=O)N1CCC(c2cc3cc(OC)c(C)cc3cn2)CC1. The van der Waals surface area contributed by atoms with Crippen molar-refractivity contribution in [2.75, 3.05) is 20.2 Å². The number of ether oxygens (including phenoxy) is 1. The zero-order chi connectivity index (χ0) is 20.5. The summed E-state index contributed by atoms with van der Waals surface area (Å²) in [5.41, 5.74) is 3.51. The van der Waals surface area contributed by atoms with Gasteiger partial charge in [-0.05, 0) is 55.8 Å². The van der Waals surface area contributed by atoms with Gasteiger partial charge >= 0.3 is 0 Å². The summed E-state index contributed by atoms with van der Waals surface area (Å²) in [7, 11) is 1.70. The molecule has 0 aliphatic carbocycles. The van der Waals surface area contributed by atoms with Crippen LogP contribution in [-0.4, -0.2) is 41.1 Å². The first-order valence-corrected chi connectivity index (χ1v) is 10.2. The van der Waals surface area contributed by atoms with Crippen LogP contribution < -0.4 is 4.74 Å². The Bertz CT molecular complexity index is 1050. The number of hydrogen-bond acceptors (Lipinski definition) is 5. The minimum absolute atomic E-state index is 0.0331. The first-order valence-electron chi connectivity index (χ1n) is 10.2. The zero-order valence-corrected chi connectivity index (χ0v) is 17.5. The Labute approximate surface area is 170 Å². The lowest BCUT2D eigenvalue weighted by atomic mass is 9.91. The van der Waals surface area contributed by atoms with Crippen molar-refractivity contribution in [2.24, 2.45) is 0 Å². The molecule has 1 aromatic carbocycles. The summed E-state index contributed by atoms with van der Waals surface area (Å²) in [4.78, 5) is 19.6. The quantitative estimate of drug-likeness (QED) is 0.656. The number of amides is 1. The smallest absolute Gasteiger partial charge is 0.259 e. The normalized spacial score (nSPS) is 15.1. The van der Waals surface area contributed by atoms with Crippen LogP contribution in [0.2, 0.25) is 0 Å². The van der Waals surface area contributed by atoms with E-state index in [9.17, 15) is 4.79 Å². The van der Waals surface area contributed by atoms with Gasteiger partial charge in [0, 0.05) is 42.7 Å². The number of rotatable bonds is 4. The minimum Gasteiger partial charge on any atom is -0.496 e. The molecule has 1 saturated heterocycles. The molecule has 0 radical (unpaired) electrons. The Balaban J connectivity index is 1.50. The van der Waals surface area contributed by atoms with Crippen LogP contribution in [0.5, 0.6) is 5.75 Å². The molecule has 152 valence electrons. The maximum absolute atomic E-state index is 13.0. The number of hydrogen-bond donors (Lipinski definition) is 0. The number of fused-ring (bicyclic) bond motifs is 1. The number of aryl methyl sites for hydroxylation is 3. The molecule has 0 bridgehead atoms. The molecule has 0 saturated carbocycles. The Morgan fingerprint density at radius 1 is 1.21 bits per heavy atom. The average Bonchev–Trinajstić information content (AvgIpc) is 3.13. The third kappa shape index (κ3) is 3.59. The third-order valence-electron chi connectivity index (χ3n) is 5.93. The van der Waals surface area contributed by atoms with E-state index in [2.05, 4.69) is 23.4 Å². The maximum atomic E-state index is 13.0. The molecule has 1 aliphatic rings. The van der Waals surface area contributed by atoms with Crippen molar-refractivity contribution in [3.8, 4) is 5.75 Å². The molecule has 2 aromatic heterocycles. The van der Waals surface area contributed by atoms with E-state index in [4.69, 9.17) is 14.2 Å². The fraction of sp³-hybridized carbons (Fsp3) is 0.435. The van der Waals surface area contributed by atoms with Crippen LogP contribution in [0.3, 0.4) is 0 Å². The predicted molar refractivity (Wildman–Crippen MR) is 112 cm³/mol. The molecule has 1 aliphatic heterocycles. The Morgan fingerprint density at radius 3 is 2.66 bits per heavy atom. The summed E-state index contributed by atoms with van der Waals surface area (Å²) in [6.07, 6.45) is 4.42. The monoisotopic (exact) mass is 393 g/mol. The van der Waals surface area contributed by atoms with Gasteiger partial charge in [0.15, 0.2) is 0 Å². The number of aromatic nitrogens is 2. The average molecular weight is 393 g/mol. The van der Waals surface area contributed by atoms with E-state index in [1.54, 1.807) is 7.11 Å². The second kappa shape index (κ2) is 7.85. The highest BCUT2D eigenvalue weighted by Crippen LogP contribution is 2.32. The molecule has 0 N–H and O–H groups in total. The van der Waals surface area contributed by atoms with Crippen LogP contribution in [-0.2, 0) is 6.42 Å². The predicted octanol–water partition coefficient (Wildman–Crippen LogP) is 4.43. The van der Waals surface area contributed by atoms with Crippen LogP contribution >= 0.6 is 0 Å². The van der Waals surface area contributed by atoms with Crippen molar-refractivity contribution < 1.29 is 14.1 Å². The molecule has 1 amide bonds. The highest BCUT2D eigenvalue weighted by atomic mass is 16.5. The lowest BCUT2D eigenvalue weighted by Gasteiger charge is -2.32. The van der Waals surface area contributed by atoms with Crippen LogP contribution in [0.15, 0.2) is 28.9 Å². The highest BCUT2D eigenvalue weighted by molar-refractivity contribution is 5.96. The molecule has 29 heavy (non-hydrogen) atoms. The molecule has 6 heteroatoms. The number of nitrogens with zero attached hydrogens (tertiary/aromatic N) is 3. The third-order valence-corrected chi connectivity index (χ3v) is 5.93. The zero-order valence-electron chi connectivity index (χ0n) is 17.5. The van der Waals surface area contributed by atoms with Crippen LogP contribution in [0.4, 0.5) is 0 Å². The van der Waals surface area contributed by atoms with E-state index in [1.807, 2.05) is 31.9 Å². The first kappa shape index (κ1) is 19.4. The van der Waals surface area contributed by atoms with E-state index in [1.165, 1.54) is 0 Å². The summed E-state index contributed by atoms with van der Waals surface area (Å²) in [6, 6.07) is 6.35. The summed E-state index contributed by atoms with van der Waals surface area (Å²) >= 11 is 0. The van der Waals surface area contributed by atoms with Gasteiger partial charge in [-0.1, -0.05) is 12.1 Å².